The standard InChI is InChI=1S/C23H31N3O3S/c1-17-8-6-11-21(18(17)2)25-12-14-26(15-13-25)22(27)19-9-7-10-20(16-19)30(28,29)24-23(3,4)5/h6-11,16,24H,12-15H2,1-5H3. The molecule has 0 bridgehead atoms. The van der Waals surface area contributed by atoms with Crippen molar-refractivity contribution in [1.29, 1.82) is 0 Å². The van der Waals surface area contributed by atoms with Crippen LogP contribution in [-0.2, 0) is 10.0 Å². The van der Waals surface area contributed by atoms with Gasteiger partial charge in [-0.15, -0.1) is 0 Å². The molecule has 1 fully saturated rings. The van der Waals surface area contributed by atoms with E-state index in [0.29, 0.717) is 18.7 Å². The summed E-state index contributed by atoms with van der Waals surface area (Å²) in [5, 5.41) is 0. The van der Waals surface area contributed by atoms with E-state index in [1.54, 1.807) is 37.8 Å². The smallest absolute Gasteiger partial charge is 0.254 e. The lowest BCUT2D eigenvalue weighted by Gasteiger charge is -2.37. The van der Waals surface area contributed by atoms with Gasteiger partial charge in [0.25, 0.3) is 5.91 Å². The van der Waals surface area contributed by atoms with E-state index in [-0.39, 0.29) is 10.8 Å². The Labute approximate surface area is 179 Å². The zero-order valence-electron chi connectivity index (χ0n) is 18.4. The minimum atomic E-state index is -3.69. The Hall–Kier alpha value is -2.38. The molecule has 0 radical (unpaired) electrons. The topological polar surface area (TPSA) is 69.7 Å². The van der Waals surface area contributed by atoms with E-state index in [1.165, 1.54) is 28.9 Å². The summed E-state index contributed by atoms with van der Waals surface area (Å²) < 4.78 is 27.9. The molecule has 0 atom stereocenters. The molecule has 1 N–H and O–H groups in total. The van der Waals surface area contributed by atoms with Crippen LogP contribution in [0.25, 0.3) is 0 Å². The van der Waals surface area contributed by atoms with E-state index in [1.807, 2.05) is 0 Å². The van der Waals surface area contributed by atoms with Gasteiger partial charge in [0.05, 0.1) is 4.90 Å². The summed E-state index contributed by atoms with van der Waals surface area (Å²) in [6, 6.07) is 12.6. The van der Waals surface area contributed by atoms with Crippen LogP contribution in [-0.4, -0.2) is 50.9 Å². The van der Waals surface area contributed by atoms with Crippen molar-refractivity contribution in [1.82, 2.24) is 9.62 Å². The van der Waals surface area contributed by atoms with Crippen molar-refractivity contribution in [3.05, 3.63) is 59.2 Å². The van der Waals surface area contributed by atoms with Gasteiger partial charge >= 0.3 is 0 Å². The molecule has 30 heavy (non-hydrogen) atoms. The van der Waals surface area contributed by atoms with Gasteiger partial charge in [0, 0.05) is 43.0 Å². The van der Waals surface area contributed by atoms with Crippen LogP contribution >= 0.6 is 0 Å². The molecule has 3 rings (SSSR count). The normalized spacial score (nSPS) is 15.4. The molecule has 0 spiro atoms. The minimum absolute atomic E-state index is 0.109. The van der Waals surface area contributed by atoms with Crippen LogP contribution < -0.4 is 9.62 Å². The van der Waals surface area contributed by atoms with Crippen molar-refractivity contribution in [3.8, 4) is 0 Å². The lowest BCUT2D eigenvalue weighted by Crippen LogP contribution is -2.49. The molecule has 1 saturated heterocycles. The number of anilines is 1. The van der Waals surface area contributed by atoms with E-state index in [9.17, 15) is 13.2 Å². The summed E-state index contributed by atoms with van der Waals surface area (Å²) in [7, 11) is -3.69. The number of benzene rings is 2. The van der Waals surface area contributed by atoms with Crippen LogP contribution in [0.4, 0.5) is 5.69 Å². The molecule has 1 aliphatic heterocycles. The van der Waals surface area contributed by atoms with Gasteiger partial charge < -0.3 is 9.80 Å². The van der Waals surface area contributed by atoms with Gasteiger partial charge in [0.2, 0.25) is 10.0 Å². The number of hydrogen-bond acceptors (Lipinski definition) is 4. The fraction of sp³-hybridized carbons (Fsp3) is 0.435. The summed E-state index contributed by atoms with van der Waals surface area (Å²) in [5.74, 6) is -0.136. The zero-order valence-corrected chi connectivity index (χ0v) is 19.2. The Balaban J connectivity index is 1.72. The van der Waals surface area contributed by atoms with E-state index < -0.39 is 15.6 Å². The van der Waals surface area contributed by atoms with Gasteiger partial charge in [-0.1, -0.05) is 18.2 Å². The lowest BCUT2D eigenvalue weighted by molar-refractivity contribution is 0.0746. The SMILES string of the molecule is Cc1cccc(N2CCN(C(=O)c3cccc(S(=O)(=O)NC(C)(C)C)c3)CC2)c1C. The highest BCUT2D eigenvalue weighted by Crippen LogP contribution is 2.24. The molecule has 0 aromatic heterocycles. The molecule has 1 aliphatic rings. The molecule has 0 aliphatic carbocycles. The predicted octanol–water partition coefficient (Wildman–Crippen LogP) is 3.34. The molecule has 2 aromatic rings. The average Bonchev–Trinajstić information content (AvgIpc) is 2.68. The quantitative estimate of drug-likeness (QED) is 0.809. The molecule has 1 amide bonds. The number of rotatable bonds is 4. The minimum Gasteiger partial charge on any atom is -0.368 e. The Bertz CT molecular complexity index is 1030. The maximum atomic E-state index is 13.0. The molecule has 6 nitrogen and oxygen atoms in total. The van der Waals surface area contributed by atoms with E-state index in [2.05, 4.69) is 41.7 Å². The molecule has 1 heterocycles. The highest BCUT2D eigenvalue weighted by Gasteiger charge is 2.26. The Morgan fingerprint density at radius 3 is 2.23 bits per heavy atom. The van der Waals surface area contributed by atoms with Gasteiger partial charge in [-0.05, 0) is 70.0 Å². The Kier molecular flexibility index (Phi) is 6.24. The number of nitrogens with one attached hydrogen (secondary N) is 1. The van der Waals surface area contributed by atoms with Crippen molar-refractivity contribution in [2.75, 3.05) is 31.1 Å². The fourth-order valence-corrected chi connectivity index (χ4v) is 5.13. The molecule has 0 saturated carbocycles. The second kappa shape index (κ2) is 8.40. The van der Waals surface area contributed by atoms with E-state index >= 15 is 0 Å². The number of aryl methyl sites for hydroxylation is 1. The Morgan fingerprint density at radius 1 is 0.967 bits per heavy atom. The number of piperazine rings is 1. The van der Waals surface area contributed by atoms with Crippen LogP contribution in [0.2, 0.25) is 0 Å². The van der Waals surface area contributed by atoms with Crippen molar-refractivity contribution >= 4 is 21.6 Å². The van der Waals surface area contributed by atoms with Crippen molar-refractivity contribution in [2.24, 2.45) is 0 Å². The van der Waals surface area contributed by atoms with Gasteiger partial charge in [0.1, 0.15) is 0 Å². The maximum absolute atomic E-state index is 13.0. The molecule has 162 valence electrons. The molecule has 2 aromatic carbocycles. The van der Waals surface area contributed by atoms with Crippen molar-refractivity contribution < 1.29 is 13.2 Å². The molecular formula is C23H31N3O3S. The predicted molar refractivity (Wildman–Crippen MR) is 121 cm³/mol. The Morgan fingerprint density at radius 2 is 1.60 bits per heavy atom. The average molecular weight is 430 g/mol. The van der Waals surface area contributed by atoms with Crippen LogP contribution in [0.3, 0.4) is 0 Å². The number of nitrogens with zero attached hydrogens (tertiary/aromatic N) is 2. The second-order valence-electron chi connectivity index (χ2n) is 8.88. The zero-order chi connectivity index (χ0) is 22.1. The van der Waals surface area contributed by atoms with Crippen LogP contribution in [0.1, 0.15) is 42.3 Å². The molecule has 7 heteroatoms. The van der Waals surface area contributed by atoms with Gasteiger partial charge in [-0.2, -0.15) is 0 Å². The van der Waals surface area contributed by atoms with Crippen molar-refractivity contribution in [3.63, 3.8) is 0 Å². The highest BCUT2D eigenvalue weighted by atomic mass is 32.2. The number of hydrogen-bond donors (Lipinski definition) is 1. The first-order valence-corrected chi connectivity index (χ1v) is 11.7. The number of carbonyl (C=O) groups is 1. The third-order valence-electron chi connectivity index (χ3n) is 5.32. The second-order valence-corrected chi connectivity index (χ2v) is 10.6. The fourth-order valence-electron chi connectivity index (χ4n) is 3.67. The third-order valence-corrected chi connectivity index (χ3v) is 7.07. The summed E-state index contributed by atoms with van der Waals surface area (Å²) in [6.45, 7) is 12.3. The third kappa shape index (κ3) is 5.02. The maximum Gasteiger partial charge on any atom is 0.254 e. The first-order chi connectivity index (χ1) is 14.0. The number of amides is 1. The van der Waals surface area contributed by atoms with Crippen molar-refractivity contribution in [2.45, 2.75) is 45.1 Å². The summed E-state index contributed by atoms with van der Waals surface area (Å²) in [5.41, 5.74) is 3.54. The first kappa shape index (κ1) is 22.3. The van der Waals surface area contributed by atoms with Crippen LogP contribution in [0.5, 0.6) is 0 Å². The van der Waals surface area contributed by atoms with Crippen LogP contribution in [0, 0.1) is 13.8 Å². The lowest BCUT2D eigenvalue weighted by atomic mass is 10.1. The highest BCUT2D eigenvalue weighted by molar-refractivity contribution is 7.89. The summed E-state index contributed by atoms with van der Waals surface area (Å²) >= 11 is 0. The monoisotopic (exact) mass is 429 g/mol. The number of sulfonamides is 1. The molecule has 0 unspecified atom stereocenters. The van der Waals surface area contributed by atoms with E-state index in [0.717, 1.165) is 13.1 Å². The van der Waals surface area contributed by atoms with Gasteiger partial charge in [-0.3, -0.25) is 4.79 Å². The van der Waals surface area contributed by atoms with Gasteiger partial charge in [0.15, 0.2) is 0 Å². The number of carbonyl (C=O) groups excluding carboxylic acids is 1. The van der Waals surface area contributed by atoms with Gasteiger partial charge in [-0.25, -0.2) is 13.1 Å². The summed E-state index contributed by atoms with van der Waals surface area (Å²) in [6.07, 6.45) is 0. The first-order valence-electron chi connectivity index (χ1n) is 10.2. The van der Waals surface area contributed by atoms with Crippen LogP contribution in [0.15, 0.2) is 47.4 Å². The van der Waals surface area contributed by atoms with E-state index in [4.69, 9.17) is 0 Å². The molecular weight excluding hydrogens is 398 g/mol. The largest absolute Gasteiger partial charge is 0.368 e. The summed E-state index contributed by atoms with van der Waals surface area (Å²) in [4.78, 5) is 17.2.